The van der Waals surface area contributed by atoms with Crippen molar-refractivity contribution < 1.29 is 14.6 Å². The number of aromatic nitrogens is 1. The molecule has 1 rings (SSSR count). The molecule has 1 heterocycles. The molecule has 0 bridgehead atoms. The molecule has 1 aromatic heterocycles. The SMILES string of the molecule is CCN(CCO)C(=O)c1sc(C(C)OC)nc1C. The van der Waals surface area contributed by atoms with Gasteiger partial charge in [-0.25, -0.2) is 4.98 Å². The monoisotopic (exact) mass is 272 g/mol. The van der Waals surface area contributed by atoms with Crippen LogP contribution in [0.25, 0.3) is 0 Å². The molecule has 0 saturated heterocycles. The lowest BCUT2D eigenvalue weighted by atomic mass is 10.3. The molecule has 1 aromatic rings. The predicted octanol–water partition coefficient (Wildman–Crippen LogP) is 1.61. The van der Waals surface area contributed by atoms with Crippen molar-refractivity contribution in [1.82, 2.24) is 9.88 Å². The summed E-state index contributed by atoms with van der Waals surface area (Å²) in [6.07, 6.45) is -0.108. The lowest BCUT2D eigenvalue weighted by molar-refractivity contribution is 0.0736. The van der Waals surface area contributed by atoms with E-state index in [1.165, 1.54) is 11.3 Å². The number of methoxy groups -OCH3 is 1. The van der Waals surface area contributed by atoms with E-state index >= 15 is 0 Å². The number of aryl methyl sites for hydroxylation is 1. The van der Waals surface area contributed by atoms with Gasteiger partial charge in [0.15, 0.2) is 0 Å². The molecule has 6 heteroatoms. The van der Waals surface area contributed by atoms with Crippen LogP contribution in [0.2, 0.25) is 0 Å². The highest BCUT2D eigenvalue weighted by Gasteiger charge is 2.21. The van der Waals surface area contributed by atoms with E-state index in [2.05, 4.69) is 4.98 Å². The number of aliphatic hydroxyl groups excluding tert-OH is 1. The van der Waals surface area contributed by atoms with E-state index in [4.69, 9.17) is 9.84 Å². The fourth-order valence-electron chi connectivity index (χ4n) is 1.56. The molecule has 1 unspecified atom stereocenters. The highest BCUT2D eigenvalue weighted by atomic mass is 32.1. The topological polar surface area (TPSA) is 62.7 Å². The minimum Gasteiger partial charge on any atom is -0.395 e. The van der Waals surface area contributed by atoms with Gasteiger partial charge in [-0.05, 0) is 20.8 Å². The van der Waals surface area contributed by atoms with Crippen LogP contribution >= 0.6 is 11.3 Å². The standard InChI is InChI=1S/C12H20N2O3S/c1-5-14(6-7-15)12(16)10-8(2)13-11(18-10)9(3)17-4/h9,15H,5-7H2,1-4H3. The number of rotatable bonds is 6. The van der Waals surface area contributed by atoms with Crippen molar-refractivity contribution >= 4 is 17.2 Å². The van der Waals surface area contributed by atoms with Gasteiger partial charge in [-0.1, -0.05) is 0 Å². The molecule has 0 aliphatic carbocycles. The first-order chi connectivity index (χ1) is 8.54. The van der Waals surface area contributed by atoms with Gasteiger partial charge in [0, 0.05) is 20.2 Å². The fraction of sp³-hybridized carbons (Fsp3) is 0.667. The van der Waals surface area contributed by atoms with E-state index in [1.54, 1.807) is 12.0 Å². The van der Waals surface area contributed by atoms with Crippen molar-refractivity contribution in [1.29, 1.82) is 0 Å². The molecule has 0 aromatic carbocycles. The zero-order chi connectivity index (χ0) is 13.7. The summed E-state index contributed by atoms with van der Waals surface area (Å²) in [5, 5.41) is 9.74. The minimum atomic E-state index is -0.108. The zero-order valence-electron chi connectivity index (χ0n) is 11.3. The van der Waals surface area contributed by atoms with Crippen LogP contribution in [-0.4, -0.2) is 47.7 Å². The lowest BCUT2D eigenvalue weighted by Gasteiger charge is -2.18. The average molecular weight is 272 g/mol. The molecule has 0 aliphatic rings. The van der Waals surface area contributed by atoms with Gasteiger partial charge in [0.05, 0.1) is 12.3 Å². The number of carbonyl (C=O) groups excluding carboxylic acids is 1. The molecule has 18 heavy (non-hydrogen) atoms. The second-order valence-corrected chi connectivity index (χ2v) is 4.98. The molecule has 0 spiro atoms. The molecule has 1 N–H and O–H groups in total. The van der Waals surface area contributed by atoms with E-state index in [1.807, 2.05) is 20.8 Å². The first-order valence-corrected chi connectivity index (χ1v) is 6.77. The first-order valence-electron chi connectivity index (χ1n) is 5.95. The van der Waals surface area contributed by atoms with Crippen LogP contribution in [0.3, 0.4) is 0 Å². The molecule has 5 nitrogen and oxygen atoms in total. The van der Waals surface area contributed by atoms with E-state index in [0.29, 0.717) is 18.0 Å². The summed E-state index contributed by atoms with van der Waals surface area (Å²) < 4.78 is 5.20. The van der Waals surface area contributed by atoms with Crippen LogP contribution < -0.4 is 0 Å². The van der Waals surface area contributed by atoms with Gasteiger partial charge in [-0.3, -0.25) is 4.79 Å². The quantitative estimate of drug-likeness (QED) is 0.854. The Morgan fingerprint density at radius 3 is 2.78 bits per heavy atom. The molecule has 0 aliphatic heterocycles. The maximum Gasteiger partial charge on any atom is 0.265 e. The second kappa shape index (κ2) is 6.82. The highest BCUT2D eigenvalue weighted by Crippen LogP contribution is 2.26. The Balaban J connectivity index is 2.95. The predicted molar refractivity (Wildman–Crippen MR) is 70.9 cm³/mol. The van der Waals surface area contributed by atoms with Crippen molar-refractivity contribution in [3.8, 4) is 0 Å². The van der Waals surface area contributed by atoms with Crippen LogP contribution in [0, 0.1) is 6.92 Å². The molecular formula is C12H20N2O3S. The van der Waals surface area contributed by atoms with Crippen LogP contribution in [0.5, 0.6) is 0 Å². The number of amides is 1. The van der Waals surface area contributed by atoms with Crippen molar-refractivity contribution in [3.05, 3.63) is 15.6 Å². The number of hydrogen-bond acceptors (Lipinski definition) is 5. The van der Waals surface area contributed by atoms with E-state index in [-0.39, 0.29) is 18.6 Å². The Morgan fingerprint density at radius 1 is 1.61 bits per heavy atom. The molecule has 102 valence electrons. The van der Waals surface area contributed by atoms with Crippen molar-refractivity contribution in [3.63, 3.8) is 0 Å². The number of aliphatic hydroxyl groups is 1. The Labute approximate surface area is 111 Å². The average Bonchev–Trinajstić information content (AvgIpc) is 2.76. The van der Waals surface area contributed by atoms with Gasteiger partial charge in [-0.2, -0.15) is 0 Å². The van der Waals surface area contributed by atoms with E-state index < -0.39 is 0 Å². The third kappa shape index (κ3) is 3.28. The third-order valence-electron chi connectivity index (χ3n) is 2.75. The van der Waals surface area contributed by atoms with Gasteiger partial charge >= 0.3 is 0 Å². The lowest BCUT2D eigenvalue weighted by Crippen LogP contribution is -2.33. The maximum absolute atomic E-state index is 12.3. The summed E-state index contributed by atoms with van der Waals surface area (Å²) >= 11 is 1.36. The van der Waals surface area contributed by atoms with Crippen molar-refractivity contribution in [2.75, 3.05) is 26.8 Å². The summed E-state index contributed by atoms with van der Waals surface area (Å²) in [4.78, 5) is 18.9. The smallest absolute Gasteiger partial charge is 0.265 e. The highest BCUT2D eigenvalue weighted by molar-refractivity contribution is 7.13. The summed E-state index contributed by atoms with van der Waals surface area (Å²) in [6, 6.07) is 0. The Bertz CT molecular complexity index is 406. The van der Waals surface area contributed by atoms with E-state index in [9.17, 15) is 4.79 Å². The van der Waals surface area contributed by atoms with Gasteiger partial charge in [0.25, 0.3) is 5.91 Å². The molecule has 0 fully saturated rings. The maximum atomic E-state index is 12.3. The molecule has 0 radical (unpaired) electrons. The van der Waals surface area contributed by atoms with Crippen molar-refractivity contribution in [2.45, 2.75) is 26.9 Å². The number of thiazole rings is 1. The Hall–Kier alpha value is -0.980. The summed E-state index contributed by atoms with van der Waals surface area (Å²) in [6.45, 7) is 6.51. The second-order valence-electron chi connectivity index (χ2n) is 3.95. The number of ether oxygens (including phenoxy) is 1. The summed E-state index contributed by atoms with van der Waals surface area (Å²) in [7, 11) is 1.62. The van der Waals surface area contributed by atoms with Crippen molar-refractivity contribution in [2.24, 2.45) is 0 Å². The zero-order valence-corrected chi connectivity index (χ0v) is 12.1. The Kier molecular flexibility index (Phi) is 5.71. The number of nitrogens with zero attached hydrogens (tertiary/aromatic N) is 2. The van der Waals surface area contributed by atoms with Gasteiger partial charge in [0.1, 0.15) is 16.0 Å². The Morgan fingerprint density at radius 2 is 2.28 bits per heavy atom. The molecule has 1 amide bonds. The number of hydrogen-bond donors (Lipinski definition) is 1. The molecular weight excluding hydrogens is 252 g/mol. The first kappa shape index (κ1) is 15.1. The fourth-order valence-corrected chi connectivity index (χ4v) is 2.62. The van der Waals surface area contributed by atoms with E-state index in [0.717, 1.165) is 10.7 Å². The van der Waals surface area contributed by atoms with Gasteiger partial charge < -0.3 is 14.7 Å². The van der Waals surface area contributed by atoms with Crippen LogP contribution in [0.4, 0.5) is 0 Å². The molecule has 1 atom stereocenters. The number of likely N-dealkylation sites (N-methyl/N-ethyl adjacent to an activating group) is 1. The van der Waals surface area contributed by atoms with Crippen LogP contribution in [0.1, 0.15) is 40.3 Å². The molecule has 0 saturated carbocycles. The van der Waals surface area contributed by atoms with Crippen LogP contribution in [-0.2, 0) is 4.74 Å². The summed E-state index contributed by atoms with van der Waals surface area (Å²) in [5.41, 5.74) is 0.722. The van der Waals surface area contributed by atoms with Gasteiger partial charge in [0.2, 0.25) is 0 Å². The normalized spacial score (nSPS) is 12.5. The third-order valence-corrected chi connectivity index (χ3v) is 4.05. The largest absolute Gasteiger partial charge is 0.395 e. The van der Waals surface area contributed by atoms with Gasteiger partial charge in [-0.15, -0.1) is 11.3 Å². The number of carbonyl (C=O) groups is 1. The minimum absolute atomic E-state index is 0.0290. The summed E-state index contributed by atoms with van der Waals surface area (Å²) in [5.74, 6) is -0.0731. The van der Waals surface area contributed by atoms with Crippen LogP contribution in [0.15, 0.2) is 0 Å².